The highest BCUT2D eigenvalue weighted by Crippen LogP contribution is 2.25. The molecular weight excluding hydrogens is 189 g/mol. The van der Waals surface area contributed by atoms with Crippen molar-refractivity contribution in [3.05, 3.63) is 29.0 Å². The Morgan fingerprint density at radius 2 is 1.92 bits per heavy atom. The molecule has 0 N–H and O–H groups in total. The molecular formula is C10H11ClFN. The van der Waals surface area contributed by atoms with Gasteiger partial charge in [-0.25, -0.2) is 4.39 Å². The van der Waals surface area contributed by atoms with Gasteiger partial charge < -0.3 is 4.90 Å². The normalized spacial score (nSPS) is 16.6. The van der Waals surface area contributed by atoms with Crippen LogP contribution in [-0.4, -0.2) is 13.1 Å². The molecule has 1 aliphatic heterocycles. The lowest BCUT2D eigenvalue weighted by atomic mass is 10.3. The van der Waals surface area contributed by atoms with Crippen molar-refractivity contribution in [3.8, 4) is 0 Å². The van der Waals surface area contributed by atoms with Crippen LogP contribution in [-0.2, 0) is 0 Å². The van der Waals surface area contributed by atoms with Crippen LogP contribution in [0.5, 0.6) is 0 Å². The third kappa shape index (κ3) is 1.78. The highest BCUT2D eigenvalue weighted by Gasteiger charge is 2.15. The Morgan fingerprint density at radius 1 is 1.23 bits per heavy atom. The Kier molecular flexibility index (Phi) is 2.40. The van der Waals surface area contributed by atoms with E-state index in [1.165, 1.54) is 6.07 Å². The third-order valence-corrected chi connectivity index (χ3v) is 2.59. The van der Waals surface area contributed by atoms with Crippen LogP contribution in [0, 0.1) is 5.82 Å². The van der Waals surface area contributed by atoms with Gasteiger partial charge in [-0.05, 0) is 31.0 Å². The zero-order valence-electron chi connectivity index (χ0n) is 7.26. The summed E-state index contributed by atoms with van der Waals surface area (Å²) in [4.78, 5) is 2.06. The minimum atomic E-state index is -0.214. The highest BCUT2D eigenvalue weighted by atomic mass is 35.5. The Balaban J connectivity index is 2.29. The molecule has 70 valence electrons. The molecule has 0 aliphatic carbocycles. The molecule has 0 spiro atoms. The molecule has 2 rings (SSSR count). The number of rotatable bonds is 1. The predicted molar refractivity (Wildman–Crippen MR) is 52.9 cm³/mol. The number of hydrogen-bond acceptors (Lipinski definition) is 1. The van der Waals surface area contributed by atoms with E-state index in [9.17, 15) is 4.39 Å². The summed E-state index contributed by atoms with van der Waals surface area (Å²) in [5, 5.41) is 0.459. The lowest BCUT2D eigenvalue weighted by Gasteiger charge is -2.17. The standard InChI is InChI=1S/C10H11ClFN/c11-8-3-4-10(9(12)7-8)13-5-1-2-6-13/h3-4,7H,1-2,5-6H2. The van der Waals surface area contributed by atoms with Gasteiger partial charge in [0, 0.05) is 18.1 Å². The molecule has 3 heteroatoms. The van der Waals surface area contributed by atoms with E-state index in [4.69, 9.17) is 11.6 Å². The van der Waals surface area contributed by atoms with Crippen molar-refractivity contribution in [2.24, 2.45) is 0 Å². The van der Waals surface area contributed by atoms with Crippen molar-refractivity contribution >= 4 is 17.3 Å². The van der Waals surface area contributed by atoms with Gasteiger partial charge >= 0.3 is 0 Å². The van der Waals surface area contributed by atoms with Gasteiger partial charge in [-0.3, -0.25) is 0 Å². The zero-order valence-corrected chi connectivity index (χ0v) is 8.02. The second-order valence-corrected chi connectivity index (χ2v) is 3.73. The quantitative estimate of drug-likeness (QED) is 0.672. The van der Waals surface area contributed by atoms with Gasteiger partial charge in [0.05, 0.1) is 5.69 Å². The van der Waals surface area contributed by atoms with Crippen LogP contribution >= 0.6 is 11.6 Å². The molecule has 0 saturated carbocycles. The van der Waals surface area contributed by atoms with Gasteiger partial charge in [-0.2, -0.15) is 0 Å². The van der Waals surface area contributed by atoms with Crippen molar-refractivity contribution in [1.82, 2.24) is 0 Å². The van der Waals surface area contributed by atoms with Crippen LogP contribution in [0.15, 0.2) is 18.2 Å². The number of nitrogens with zero attached hydrogens (tertiary/aromatic N) is 1. The maximum Gasteiger partial charge on any atom is 0.147 e. The summed E-state index contributed by atoms with van der Waals surface area (Å²) in [6.45, 7) is 1.91. The minimum Gasteiger partial charge on any atom is -0.369 e. The molecule has 1 saturated heterocycles. The highest BCUT2D eigenvalue weighted by molar-refractivity contribution is 6.30. The molecule has 1 nitrogen and oxygen atoms in total. The molecule has 0 unspecified atom stereocenters. The van der Waals surface area contributed by atoms with Crippen LogP contribution in [0.25, 0.3) is 0 Å². The summed E-state index contributed by atoms with van der Waals surface area (Å²) in [6, 6.07) is 4.86. The summed E-state index contributed by atoms with van der Waals surface area (Å²) in [7, 11) is 0. The second kappa shape index (κ2) is 3.54. The molecule has 1 heterocycles. The Morgan fingerprint density at radius 3 is 2.54 bits per heavy atom. The molecule has 0 bridgehead atoms. The summed E-state index contributed by atoms with van der Waals surface area (Å²) in [5.74, 6) is -0.214. The van der Waals surface area contributed by atoms with E-state index in [0.717, 1.165) is 25.9 Å². The largest absolute Gasteiger partial charge is 0.369 e. The maximum atomic E-state index is 13.4. The van der Waals surface area contributed by atoms with Gasteiger partial charge in [-0.15, -0.1) is 0 Å². The number of halogens is 2. The molecule has 1 fully saturated rings. The zero-order chi connectivity index (χ0) is 9.26. The lowest BCUT2D eigenvalue weighted by Crippen LogP contribution is -2.18. The first kappa shape index (κ1) is 8.82. The third-order valence-electron chi connectivity index (χ3n) is 2.36. The van der Waals surface area contributed by atoms with E-state index in [-0.39, 0.29) is 5.82 Å². The summed E-state index contributed by atoms with van der Waals surface area (Å²) >= 11 is 5.67. The van der Waals surface area contributed by atoms with E-state index in [1.807, 2.05) is 0 Å². The SMILES string of the molecule is Fc1cc(Cl)ccc1N1CCCC1. The van der Waals surface area contributed by atoms with E-state index >= 15 is 0 Å². The molecule has 1 aliphatic rings. The van der Waals surface area contributed by atoms with Gasteiger partial charge in [0.1, 0.15) is 5.82 Å². The van der Waals surface area contributed by atoms with E-state index in [0.29, 0.717) is 10.7 Å². The molecule has 0 amide bonds. The molecule has 0 radical (unpaired) electrons. The minimum absolute atomic E-state index is 0.214. The topological polar surface area (TPSA) is 3.24 Å². The lowest BCUT2D eigenvalue weighted by molar-refractivity contribution is 0.623. The summed E-state index contributed by atoms with van der Waals surface area (Å²) in [6.07, 6.45) is 2.31. The van der Waals surface area contributed by atoms with Gasteiger partial charge in [0.15, 0.2) is 0 Å². The average Bonchev–Trinajstić information content (AvgIpc) is 2.56. The fraction of sp³-hybridized carbons (Fsp3) is 0.400. The van der Waals surface area contributed by atoms with Gasteiger partial charge in [-0.1, -0.05) is 11.6 Å². The fourth-order valence-corrected chi connectivity index (χ4v) is 1.85. The van der Waals surface area contributed by atoms with E-state index in [1.54, 1.807) is 12.1 Å². The first-order chi connectivity index (χ1) is 6.27. The number of hydrogen-bond donors (Lipinski definition) is 0. The molecule has 1 aromatic rings. The van der Waals surface area contributed by atoms with Gasteiger partial charge in [0.2, 0.25) is 0 Å². The summed E-state index contributed by atoms with van der Waals surface area (Å²) < 4.78 is 13.4. The first-order valence-corrected chi connectivity index (χ1v) is 4.85. The van der Waals surface area contributed by atoms with E-state index < -0.39 is 0 Å². The smallest absolute Gasteiger partial charge is 0.147 e. The first-order valence-electron chi connectivity index (χ1n) is 4.47. The number of anilines is 1. The molecule has 13 heavy (non-hydrogen) atoms. The van der Waals surface area contributed by atoms with Crippen LogP contribution < -0.4 is 4.90 Å². The van der Waals surface area contributed by atoms with Crippen molar-refractivity contribution in [2.45, 2.75) is 12.8 Å². The summed E-state index contributed by atoms with van der Waals surface area (Å²) in [5.41, 5.74) is 0.682. The van der Waals surface area contributed by atoms with Crippen molar-refractivity contribution < 1.29 is 4.39 Å². The Hall–Kier alpha value is -0.760. The Bertz CT molecular complexity index is 308. The van der Waals surface area contributed by atoms with Crippen molar-refractivity contribution in [1.29, 1.82) is 0 Å². The average molecular weight is 200 g/mol. The van der Waals surface area contributed by atoms with E-state index in [2.05, 4.69) is 4.90 Å². The van der Waals surface area contributed by atoms with Crippen LogP contribution in [0.4, 0.5) is 10.1 Å². The van der Waals surface area contributed by atoms with Crippen molar-refractivity contribution in [2.75, 3.05) is 18.0 Å². The predicted octanol–water partition coefficient (Wildman–Crippen LogP) is 3.08. The monoisotopic (exact) mass is 199 g/mol. The fourth-order valence-electron chi connectivity index (χ4n) is 1.70. The maximum absolute atomic E-state index is 13.4. The van der Waals surface area contributed by atoms with Crippen LogP contribution in [0.2, 0.25) is 5.02 Å². The van der Waals surface area contributed by atoms with Gasteiger partial charge in [0.25, 0.3) is 0 Å². The second-order valence-electron chi connectivity index (χ2n) is 3.29. The van der Waals surface area contributed by atoms with Crippen molar-refractivity contribution in [3.63, 3.8) is 0 Å². The number of benzene rings is 1. The molecule has 0 atom stereocenters. The molecule has 0 aromatic heterocycles. The molecule has 1 aromatic carbocycles. The Labute approximate surface area is 82.1 Å². The van der Waals surface area contributed by atoms with Crippen LogP contribution in [0.1, 0.15) is 12.8 Å². The van der Waals surface area contributed by atoms with Crippen LogP contribution in [0.3, 0.4) is 0 Å².